The predicted molar refractivity (Wildman–Crippen MR) is 99.7 cm³/mol. The summed E-state index contributed by atoms with van der Waals surface area (Å²) in [7, 11) is -3.19. The molecule has 0 bridgehead atoms. The molecule has 3 rings (SSSR count). The molecule has 1 N–H and O–H groups in total. The molecule has 0 saturated heterocycles. The van der Waals surface area contributed by atoms with Crippen molar-refractivity contribution in [3.63, 3.8) is 0 Å². The van der Waals surface area contributed by atoms with Crippen molar-refractivity contribution in [3.8, 4) is 16.3 Å². The normalized spacial score (nSPS) is 11.1. The Kier molecular flexibility index (Phi) is 5.21. The Bertz CT molecular complexity index is 1110. The van der Waals surface area contributed by atoms with Gasteiger partial charge in [-0.1, -0.05) is 0 Å². The Morgan fingerprint density at radius 1 is 1.30 bits per heavy atom. The van der Waals surface area contributed by atoms with Crippen LogP contribution in [0.5, 0.6) is 5.75 Å². The van der Waals surface area contributed by atoms with Gasteiger partial charge in [-0.2, -0.15) is 11.3 Å². The van der Waals surface area contributed by atoms with Gasteiger partial charge in [0.2, 0.25) is 0 Å². The number of hydrogen-bond acceptors (Lipinski definition) is 9. The van der Waals surface area contributed by atoms with Crippen LogP contribution in [0.15, 0.2) is 45.3 Å². The van der Waals surface area contributed by atoms with Crippen molar-refractivity contribution in [2.45, 2.75) is 4.90 Å². The molecule has 140 valence electrons. The molecule has 0 unspecified atom stereocenters. The number of amides is 1. The molecule has 0 radical (unpaired) electrons. The molecule has 0 aliphatic heterocycles. The third-order valence-corrected chi connectivity index (χ3v) is 6.34. The summed E-state index contributed by atoms with van der Waals surface area (Å²) in [5.41, 5.74) is 0.0190. The fourth-order valence-electron chi connectivity index (χ4n) is 2.12. The van der Waals surface area contributed by atoms with E-state index in [9.17, 15) is 23.3 Å². The Balaban J connectivity index is 1.89. The van der Waals surface area contributed by atoms with E-state index in [4.69, 9.17) is 4.74 Å². The van der Waals surface area contributed by atoms with Crippen molar-refractivity contribution < 1.29 is 22.9 Å². The van der Waals surface area contributed by atoms with Crippen molar-refractivity contribution in [1.29, 1.82) is 0 Å². The van der Waals surface area contributed by atoms with Gasteiger partial charge in [0.05, 0.1) is 18.1 Å². The van der Waals surface area contributed by atoms with E-state index in [2.05, 4.69) is 4.98 Å². The second kappa shape index (κ2) is 7.42. The molecule has 1 amide bonds. The van der Waals surface area contributed by atoms with Crippen LogP contribution in [0, 0.1) is 10.1 Å². The van der Waals surface area contributed by atoms with Gasteiger partial charge in [-0.15, -0.1) is 11.3 Å². The van der Waals surface area contributed by atoms with E-state index in [1.165, 1.54) is 41.2 Å². The summed E-state index contributed by atoms with van der Waals surface area (Å²) >= 11 is 2.65. The molecule has 1 aromatic carbocycles. The number of rotatable bonds is 6. The molecule has 0 spiro atoms. The highest BCUT2D eigenvalue weighted by molar-refractivity contribution is 7.90. The average Bonchev–Trinajstić information content (AvgIpc) is 3.31. The van der Waals surface area contributed by atoms with Gasteiger partial charge in [-0.3, -0.25) is 14.9 Å². The number of sulfonamides is 1. The van der Waals surface area contributed by atoms with Crippen LogP contribution in [0.2, 0.25) is 0 Å². The van der Waals surface area contributed by atoms with Gasteiger partial charge in [0.1, 0.15) is 16.5 Å². The Morgan fingerprint density at radius 3 is 2.70 bits per heavy atom. The number of thiazole rings is 1. The number of methoxy groups -OCH3 is 1. The molecule has 2 aromatic heterocycles. The predicted octanol–water partition coefficient (Wildman–Crippen LogP) is 2.91. The molecular weight excluding hydrogens is 414 g/mol. The third-order valence-electron chi connectivity index (χ3n) is 3.38. The van der Waals surface area contributed by atoms with Crippen molar-refractivity contribution in [1.82, 2.24) is 9.71 Å². The van der Waals surface area contributed by atoms with Crippen LogP contribution in [0.25, 0.3) is 10.6 Å². The minimum absolute atomic E-state index is 0.0964. The van der Waals surface area contributed by atoms with E-state index in [-0.39, 0.29) is 11.4 Å². The lowest BCUT2D eigenvalue weighted by Gasteiger charge is -2.07. The van der Waals surface area contributed by atoms with Crippen molar-refractivity contribution in [2.75, 3.05) is 7.11 Å². The minimum Gasteiger partial charge on any atom is -0.497 e. The van der Waals surface area contributed by atoms with Gasteiger partial charge >= 0.3 is 0 Å². The van der Waals surface area contributed by atoms with Gasteiger partial charge in [0.15, 0.2) is 4.90 Å². The summed E-state index contributed by atoms with van der Waals surface area (Å²) in [6.45, 7) is 0. The third kappa shape index (κ3) is 3.97. The van der Waals surface area contributed by atoms with E-state index in [1.807, 2.05) is 21.5 Å². The molecule has 0 saturated carbocycles. The topological polar surface area (TPSA) is 128 Å². The van der Waals surface area contributed by atoms with Crippen LogP contribution in [0.4, 0.5) is 5.69 Å². The Hall–Kier alpha value is -2.83. The molecule has 27 heavy (non-hydrogen) atoms. The average molecular weight is 425 g/mol. The highest BCUT2D eigenvalue weighted by Crippen LogP contribution is 2.29. The smallest absolute Gasteiger partial charge is 0.293 e. The number of benzene rings is 1. The first kappa shape index (κ1) is 18.9. The zero-order valence-electron chi connectivity index (χ0n) is 13.6. The molecule has 0 aliphatic carbocycles. The number of nitrogens with one attached hydrogen (secondary N) is 1. The fourth-order valence-corrected chi connectivity index (χ4v) is 4.75. The van der Waals surface area contributed by atoms with Crippen LogP contribution in [-0.2, 0) is 10.0 Å². The first-order valence-electron chi connectivity index (χ1n) is 7.19. The van der Waals surface area contributed by atoms with Crippen molar-refractivity contribution in [3.05, 3.63) is 56.2 Å². The Morgan fingerprint density at radius 2 is 2.07 bits per heavy atom. The lowest BCUT2D eigenvalue weighted by molar-refractivity contribution is -0.387. The molecule has 3 aromatic rings. The van der Waals surface area contributed by atoms with E-state index >= 15 is 0 Å². The quantitative estimate of drug-likeness (QED) is 0.475. The van der Waals surface area contributed by atoms with Crippen LogP contribution in [-0.4, -0.2) is 31.3 Å². The second-order valence-corrected chi connectivity index (χ2v) is 8.36. The number of aromatic nitrogens is 1. The maximum atomic E-state index is 12.5. The monoisotopic (exact) mass is 425 g/mol. The number of ether oxygens (including phenoxy) is 1. The second-order valence-electron chi connectivity index (χ2n) is 5.08. The van der Waals surface area contributed by atoms with Crippen LogP contribution < -0.4 is 9.46 Å². The van der Waals surface area contributed by atoms with Gasteiger partial charge in [0.25, 0.3) is 21.6 Å². The number of nitrogens with zero attached hydrogens (tertiary/aromatic N) is 2. The molecule has 9 nitrogen and oxygen atoms in total. The maximum Gasteiger partial charge on any atom is 0.293 e. The lowest BCUT2D eigenvalue weighted by Crippen LogP contribution is -2.31. The van der Waals surface area contributed by atoms with Gasteiger partial charge in [-0.25, -0.2) is 18.1 Å². The number of thiophene rings is 1. The number of nitro groups is 1. The van der Waals surface area contributed by atoms with E-state index in [0.29, 0.717) is 5.01 Å². The van der Waals surface area contributed by atoms with E-state index in [1.54, 1.807) is 0 Å². The van der Waals surface area contributed by atoms with E-state index < -0.39 is 31.4 Å². The molecule has 2 heterocycles. The molecule has 12 heteroatoms. The van der Waals surface area contributed by atoms with Crippen LogP contribution in [0.1, 0.15) is 10.5 Å². The summed E-state index contributed by atoms with van der Waals surface area (Å²) < 4.78 is 31.6. The number of carbonyl (C=O) groups is 1. The van der Waals surface area contributed by atoms with Crippen molar-refractivity contribution >= 4 is 44.3 Å². The minimum atomic E-state index is -4.48. The molecule has 0 aliphatic rings. The number of carbonyl (C=O) groups excluding carboxylic acids is 1. The van der Waals surface area contributed by atoms with Crippen molar-refractivity contribution in [2.24, 2.45) is 0 Å². The summed E-state index contributed by atoms with van der Waals surface area (Å²) in [4.78, 5) is 26.1. The SMILES string of the molecule is COc1ccc(S(=O)(=O)NC(=O)c2csc(-c3ccsc3)n2)c([N+](=O)[O-])c1. The fraction of sp³-hybridized carbons (Fsp3) is 0.0667. The van der Waals surface area contributed by atoms with E-state index in [0.717, 1.165) is 17.7 Å². The first-order valence-corrected chi connectivity index (χ1v) is 10.5. The van der Waals surface area contributed by atoms with Crippen LogP contribution in [0.3, 0.4) is 0 Å². The summed E-state index contributed by atoms with van der Waals surface area (Å²) in [6, 6.07) is 5.05. The zero-order chi connectivity index (χ0) is 19.6. The standard InChI is InChI=1S/C15H11N3O6S3/c1-24-10-2-3-13(12(6-10)18(20)21)27(22,23)17-14(19)11-8-26-15(16-11)9-4-5-25-7-9/h2-8H,1H3,(H,17,19). The molecular formula is C15H11N3O6S3. The van der Waals surface area contributed by atoms with Gasteiger partial charge in [-0.05, 0) is 23.6 Å². The van der Waals surface area contributed by atoms with Gasteiger partial charge < -0.3 is 4.74 Å². The molecule has 0 fully saturated rings. The highest BCUT2D eigenvalue weighted by Gasteiger charge is 2.29. The maximum absolute atomic E-state index is 12.5. The number of nitro benzene ring substituents is 1. The first-order chi connectivity index (χ1) is 12.8. The Labute approximate surface area is 161 Å². The summed E-state index contributed by atoms with van der Waals surface area (Å²) in [5, 5.41) is 16.9. The van der Waals surface area contributed by atoms with Gasteiger partial charge in [0, 0.05) is 16.3 Å². The molecule has 0 atom stereocenters. The summed E-state index contributed by atoms with van der Waals surface area (Å²) in [5.74, 6) is -0.857. The lowest BCUT2D eigenvalue weighted by atomic mass is 10.3. The number of hydrogen-bond donors (Lipinski definition) is 1. The highest BCUT2D eigenvalue weighted by atomic mass is 32.2. The van der Waals surface area contributed by atoms with Crippen LogP contribution >= 0.6 is 22.7 Å². The summed E-state index contributed by atoms with van der Waals surface area (Å²) in [6.07, 6.45) is 0. The largest absolute Gasteiger partial charge is 0.497 e. The zero-order valence-corrected chi connectivity index (χ0v) is 16.1.